The monoisotopic (exact) mass is 509 g/mol. The summed E-state index contributed by atoms with van der Waals surface area (Å²) in [6.45, 7) is 2.00. The van der Waals surface area contributed by atoms with Crippen LogP contribution in [0, 0.1) is 5.92 Å². The number of fused-ring (bicyclic) bond motifs is 3. The molecule has 6 rings (SSSR count). The largest absolute Gasteiger partial charge is 0.355 e. The quantitative estimate of drug-likeness (QED) is 0.560. The molecule has 3 aromatic rings. The average molecular weight is 510 g/mol. The van der Waals surface area contributed by atoms with Crippen molar-refractivity contribution in [1.82, 2.24) is 24.8 Å². The fraction of sp³-hybridized carbons (Fsp3) is 0.435. The summed E-state index contributed by atoms with van der Waals surface area (Å²) in [5.41, 5.74) is 2.66. The molecule has 10 heteroatoms. The summed E-state index contributed by atoms with van der Waals surface area (Å²) in [6.07, 6.45) is 5.22. The molecule has 0 unspecified atom stereocenters. The van der Waals surface area contributed by atoms with E-state index in [0.29, 0.717) is 61.2 Å². The molecular formula is C23H24BrN7O2. The fourth-order valence-corrected chi connectivity index (χ4v) is 5.53. The molecule has 2 aliphatic heterocycles. The summed E-state index contributed by atoms with van der Waals surface area (Å²) in [4.78, 5) is 41.4. The van der Waals surface area contributed by atoms with Gasteiger partial charge in [0.1, 0.15) is 6.33 Å². The van der Waals surface area contributed by atoms with Crippen molar-refractivity contribution in [2.75, 3.05) is 29.9 Å². The lowest BCUT2D eigenvalue weighted by Crippen LogP contribution is -2.46. The van der Waals surface area contributed by atoms with Gasteiger partial charge in [0.2, 0.25) is 11.7 Å². The molecule has 0 bridgehead atoms. The number of carbonyl (C=O) groups excluding carboxylic acids is 2. The highest BCUT2D eigenvalue weighted by Crippen LogP contribution is 2.48. The Hall–Kier alpha value is -3.01. The molecule has 33 heavy (non-hydrogen) atoms. The third kappa shape index (κ3) is 3.22. The van der Waals surface area contributed by atoms with Gasteiger partial charge in [-0.3, -0.25) is 9.59 Å². The molecule has 2 N–H and O–H groups in total. The Bertz CT molecular complexity index is 1290. The number of benzene rings is 1. The van der Waals surface area contributed by atoms with Gasteiger partial charge in [0.15, 0.2) is 17.0 Å². The number of aryl methyl sites for hydroxylation is 1. The number of nitrogens with one attached hydrogen (secondary N) is 2. The van der Waals surface area contributed by atoms with Crippen LogP contribution in [-0.2, 0) is 17.3 Å². The first kappa shape index (κ1) is 20.6. The number of carbonyl (C=O) groups is 2. The second kappa shape index (κ2) is 7.51. The van der Waals surface area contributed by atoms with Gasteiger partial charge in [-0.25, -0.2) is 15.0 Å². The van der Waals surface area contributed by atoms with Crippen molar-refractivity contribution in [2.45, 2.75) is 31.1 Å². The Balaban J connectivity index is 1.28. The molecule has 1 saturated carbocycles. The SMILES string of the molecule is Cn1c(C(=O)NCC2CC2)nc2c(N3CCC4(CC3)C(=O)Nc3c(Br)cccc34)ncnc21. The third-order valence-electron chi connectivity index (χ3n) is 7.21. The van der Waals surface area contributed by atoms with Gasteiger partial charge in [-0.05, 0) is 59.2 Å². The number of imidazole rings is 1. The van der Waals surface area contributed by atoms with Crippen LogP contribution in [0.4, 0.5) is 11.5 Å². The van der Waals surface area contributed by atoms with Gasteiger partial charge in [-0.15, -0.1) is 0 Å². The minimum absolute atomic E-state index is 0.0596. The van der Waals surface area contributed by atoms with Gasteiger partial charge in [-0.2, -0.15) is 0 Å². The van der Waals surface area contributed by atoms with Crippen molar-refractivity contribution in [3.63, 3.8) is 0 Å². The number of piperidine rings is 1. The van der Waals surface area contributed by atoms with Crippen LogP contribution >= 0.6 is 15.9 Å². The summed E-state index contributed by atoms with van der Waals surface area (Å²) in [5.74, 6) is 1.52. The number of nitrogens with zero attached hydrogens (tertiary/aromatic N) is 5. The van der Waals surface area contributed by atoms with Gasteiger partial charge >= 0.3 is 0 Å². The first-order chi connectivity index (χ1) is 16.0. The Morgan fingerprint density at radius 3 is 2.82 bits per heavy atom. The highest BCUT2D eigenvalue weighted by atomic mass is 79.9. The van der Waals surface area contributed by atoms with E-state index in [1.54, 1.807) is 11.6 Å². The second-order valence-electron chi connectivity index (χ2n) is 9.20. The average Bonchev–Trinajstić information content (AvgIpc) is 3.54. The highest BCUT2D eigenvalue weighted by Gasteiger charge is 2.49. The lowest BCUT2D eigenvalue weighted by atomic mass is 9.73. The molecule has 0 atom stereocenters. The number of hydrogen-bond donors (Lipinski definition) is 2. The molecule has 0 radical (unpaired) electrons. The Morgan fingerprint density at radius 1 is 1.27 bits per heavy atom. The molecule has 170 valence electrons. The third-order valence-corrected chi connectivity index (χ3v) is 7.87. The van der Waals surface area contributed by atoms with E-state index in [2.05, 4.69) is 46.4 Å². The zero-order chi connectivity index (χ0) is 22.7. The van der Waals surface area contributed by atoms with Crippen LogP contribution in [0.5, 0.6) is 0 Å². The summed E-state index contributed by atoms with van der Waals surface area (Å²) >= 11 is 3.56. The number of hydrogen-bond acceptors (Lipinski definition) is 6. The normalized spacial score (nSPS) is 19.1. The number of halogens is 1. The van der Waals surface area contributed by atoms with Gasteiger partial charge in [0.05, 0.1) is 11.1 Å². The van der Waals surface area contributed by atoms with Crippen LogP contribution in [0.3, 0.4) is 0 Å². The van der Waals surface area contributed by atoms with E-state index >= 15 is 0 Å². The number of amides is 2. The molecule has 9 nitrogen and oxygen atoms in total. The molecule has 2 aromatic heterocycles. The maximum Gasteiger partial charge on any atom is 0.287 e. The first-order valence-electron chi connectivity index (χ1n) is 11.3. The maximum atomic E-state index is 13.0. The van der Waals surface area contributed by atoms with E-state index in [9.17, 15) is 9.59 Å². The fourth-order valence-electron chi connectivity index (χ4n) is 5.06. The van der Waals surface area contributed by atoms with E-state index in [1.165, 1.54) is 19.2 Å². The van der Waals surface area contributed by atoms with E-state index < -0.39 is 5.41 Å². The van der Waals surface area contributed by atoms with Crippen molar-refractivity contribution in [3.05, 3.63) is 40.4 Å². The zero-order valence-electron chi connectivity index (χ0n) is 18.3. The van der Waals surface area contributed by atoms with Crippen LogP contribution in [0.2, 0.25) is 0 Å². The van der Waals surface area contributed by atoms with Crippen LogP contribution in [0.25, 0.3) is 11.2 Å². The van der Waals surface area contributed by atoms with Crippen molar-refractivity contribution in [2.24, 2.45) is 13.0 Å². The number of para-hydroxylation sites is 1. The van der Waals surface area contributed by atoms with Gasteiger partial charge < -0.3 is 20.1 Å². The molecule has 1 saturated heterocycles. The lowest BCUT2D eigenvalue weighted by Gasteiger charge is -2.38. The van der Waals surface area contributed by atoms with Gasteiger partial charge in [0, 0.05) is 31.2 Å². The van der Waals surface area contributed by atoms with Crippen molar-refractivity contribution < 1.29 is 9.59 Å². The van der Waals surface area contributed by atoms with Crippen LogP contribution in [0.1, 0.15) is 41.9 Å². The minimum atomic E-state index is -0.528. The van der Waals surface area contributed by atoms with Crippen molar-refractivity contribution in [3.8, 4) is 0 Å². The molecule has 1 aliphatic carbocycles. The topological polar surface area (TPSA) is 105 Å². The Kier molecular flexibility index (Phi) is 4.69. The highest BCUT2D eigenvalue weighted by molar-refractivity contribution is 9.10. The zero-order valence-corrected chi connectivity index (χ0v) is 19.9. The number of anilines is 2. The van der Waals surface area contributed by atoms with Gasteiger partial charge in [-0.1, -0.05) is 12.1 Å². The van der Waals surface area contributed by atoms with Crippen LogP contribution < -0.4 is 15.5 Å². The molecular weight excluding hydrogens is 486 g/mol. The second-order valence-corrected chi connectivity index (χ2v) is 10.1. The maximum absolute atomic E-state index is 13.0. The summed E-state index contributed by atoms with van der Waals surface area (Å²) in [5, 5.41) is 6.05. The first-order valence-corrected chi connectivity index (χ1v) is 12.1. The molecule has 2 fully saturated rings. The van der Waals surface area contributed by atoms with Gasteiger partial charge in [0.25, 0.3) is 5.91 Å². The van der Waals surface area contributed by atoms with E-state index in [-0.39, 0.29) is 11.8 Å². The molecule has 2 amide bonds. The van der Waals surface area contributed by atoms with E-state index in [4.69, 9.17) is 0 Å². The molecule has 1 spiro atoms. The van der Waals surface area contributed by atoms with Crippen molar-refractivity contribution in [1.29, 1.82) is 0 Å². The lowest BCUT2D eigenvalue weighted by molar-refractivity contribution is -0.121. The smallest absolute Gasteiger partial charge is 0.287 e. The standard InChI is InChI=1S/C23H24BrN7O2/c1-30-18-17(28-20(30)21(32)25-11-13-5-6-13)19(27-12-26-18)31-9-7-23(8-10-31)14-3-2-4-15(24)16(14)29-22(23)33/h2-4,12-13H,5-11H2,1H3,(H,25,32)(H,29,33). The van der Waals surface area contributed by atoms with E-state index in [1.807, 2.05) is 18.2 Å². The number of rotatable bonds is 4. The van der Waals surface area contributed by atoms with Crippen molar-refractivity contribution >= 4 is 50.4 Å². The molecule has 4 heterocycles. The van der Waals surface area contributed by atoms with E-state index in [0.717, 1.165) is 15.7 Å². The summed E-state index contributed by atoms with van der Waals surface area (Å²) in [7, 11) is 1.81. The Morgan fingerprint density at radius 2 is 2.06 bits per heavy atom. The summed E-state index contributed by atoms with van der Waals surface area (Å²) < 4.78 is 2.64. The predicted molar refractivity (Wildman–Crippen MR) is 127 cm³/mol. The summed E-state index contributed by atoms with van der Waals surface area (Å²) in [6, 6.07) is 5.97. The predicted octanol–water partition coefficient (Wildman–Crippen LogP) is 2.76. The van der Waals surface area contributed by atoms with Crippen LogP contribution in [0.15, 0.2) is 29.0 Å². The molecule has 1 aromatic carbocycles. The van der Waals surface area contributed by atoms with Crippen LogP contribution in [-0.4, -0.2) is 51.0 Å². The molecule has 3 aliphatic rings. The Labute approximate surface area is 199 Å². The number of aromatic nitrogens is 4. The minimum Gasteiger partial charge on any atom is -0.355 e.